The molecule has 1 aromatic carbocycles. The third-order valence-corrected chi connectivity index (χ3v) is 5.67. The summed E-state index contributed by atoms with van der Waals surface area (Å²) in [5, 5.41) is 1.63. The Morgan fingerprint density at radius 3 is 2.53 bits per heavy atom. The summed E-state index contributed by atoms with van der Waals surface area (Å²) in [6.07, 6.45) is 2.39. The average Bonchev–Trinajstić information content (AvgIpc) is 2.26. The number of hydrogen-bond donors (Lipinski definition) is 0. The molecular weight excluding hydrogens is 227 g/mol. The molecular formula is C12H12ClOP. The molecule has 3 heteroatoms. The van der Waals surface area contributed by atoms with Gasteiger partial charge in [-0.2, -0.15) is 0 Å². The van der Waals surface area contributed by atoms with Crippen LogP contribution in [0.4, 0.5) is 0 Å². The van der Waals surface area contributed by atoms with Crippen molar-refractivity contribution in [3.8, 4) is 0 Å². The maximum atomic E-state index is 12.6. The lowest BCUT2D eigenvalue weighted by atomic mass is 10.3. The summed E-state index contributed by atoms with van der Waals surface area (Å²) < 4.78 is 12.6. The molecule has 1 aromatic rings. The fourth-order valence-corrected chi connectivity index (χ4v) is 4.34. The van der Waals surface area contributed by atoms with E-state index in [2.05, 4.69) is 0 Å². The lowest BCUT2D eigenvalue weighted by Gasteiger charge is -2.18. The molecule has 0 N–H and O–H groups in total. The molecule has 0 bridgehead atoms. The summed E-state index contributed by atoms with van der Waals surface area (Å²) in [5.41, 5.74) is 0.912. The van der Waals surface area contributed by atoms with E-state index >= 15 is 0 Å². The van der Waals surface area contributed by atoms with Crippen molar-refractivity contribution in [2.75, 3.05) is 6.16 Å². The van der Waals surface area contributed by atoms with E-state index in [4.69, 9.17) is 11.6 Å². The van der Waals surface area contributed by atoms with Crippen LogP contribution in [0.2, 0.25) is 0 Å². The molecule has 0 saturated heterocycles. The molecule has 2 rings (SSSR count). The van der Waals surface area contributed by atoms with E-state index in [1.807, 2.05) is 49.1 Å². The lowest BCUT2D eigenvalue weighted by Crippen LogP contribution is -2.07. The highest BCUT2D eigenvalue weighted by atomic mass is 35.5. The standard InChI is InChI=1S/C12H12ClOP/c1-10-9-15(14,8-7-12(10)13)11-5-3-2-4-6-11/h2-7,9H,8H2,1H3. The minimum Gasteiger partial charge on any atom is -0.314 e. The van der Waals surface area contributed by atoms with Crippen molar-refractivity contribution in [1.29, 1.82) is 0 Å². The van der Waals surface area contributed by atoms with E-state index in [1.165, 1.54) is 0 Å². The van der Waals surface area contributed by atoms with E-state index in [0.29, 0.717) is 6.16 Å². The Morgan fingerprint density at radius 1 is 1.27 bits per heavy atom. The van der Waals surface area contributed by atoms with E-state index in [1.54, 1.807) is 0 Å². The van der Waals surface area contributed by atoms with Crippen molar-refractivity contribution in [3.63, 3.8) is 0 Å². The third kappa shape index (κ3) is 2.09. The van der Waals surface area contributed by atoms with Crippen LogP contribution in [0.1, 0.15) is 6.92 Å². The van der Waals surface area contributed by atoms with E-state index < -0.39 is 7.14 Å². The van der Waals surface area contributed by atoms with Crippen LogP contribution in [0.3, 0.4) is 0 Å². The van der Waals surface area contributed by atoms with Crippen molar-refractivity contribution in [3.05, 3.63) is 52.8 Å². The van der Waals surface area contributed by atoms with Crippen LogP contribution in [-0.2, 0) is 4.57 Å². The second kappa shape index (κ2) is 4.00. The number of benzene rings is 1. The summed E-state index contributed by atoms with van der Waals surface area (Å²) in [6, 6.07) is 9.59. The highest BCUT2D eigenvalue weighted by molar-refractivity contribution is 7.74. The molecule has 1 aliphatic heterocycles. The van der Waals surface area contributed by atoms with E-state index in [9.17, 15) is 4.57 Å². The van der Waals surface area contributed by atoms with Crippen LogP contribution in [0.5, 0.6) is 0 Å². The molecule has 0 aromatic heterocycles. The Labute approximate surface area is 94.8 Å². The van der Waals surface area contributed by atoms with Gasteiger partial charge in [0.2, 0.25) is 0 Å². The van der Waals surface area contributed by atoms with Gasteiger partial charge in [0, 0.05) is 16.5 Å². The zero-order valence-corrected chi connectivity index (χ0v) is 10.1. The van der Waals surface area contributed by atoms with Crippen LogP contribution in [0.15, 0.2) is 52.8 Å². The molecule has 1 nitrogen and oxygen atoms in total. The van der Waals surface area contributed by atoms with Crippen LogP contribution >= 0.6 is 18.7 Å². The predicted octanol–water partition coefficient (Wildman–Crippen LogP) is 3.72. The van der Waals surface area contributed by atoms with Crippen molar-refractivity contribution in [2.24, 2.45) is 0 Å². The predicted molar refractivity (Wildman–Crippen MR) is 66.2 cm³/mol. The van der Waals surface area contributed by atoms with Gasteiger partial charge in [-0.25, -0.2) is 0 Å². The van der Waals surface area contributed by atoms with Crippen molar-refractivity contribution < 1.29 is 4.57 Å². The fraction of sp³-hybridized carbons (Fsp3) is 0.167. The molecule has 0 radical (unpaired) electrons. The Bertz CT molecular complexity index is 474. The van der Waals surface area contributed by atoms with E-state index in [0.717, 1.165) is 15.9 Å². The van der Waals surface area contributed by atoms with Crippen LogP contribution in [0.25, 0.3) is 0 Å². The lowest BCUT2D eigenvalue weighted by molar-refractivity contribution is 0.588. The minimum absolute atomic E-state index is 0.535. The number of hydrogen-bond acceptors (Lipinski definition) is 1. The molecule has 0 fully saturated rings. The first-order valence-electron chi connectivity index (χ1n) is 4.82. The SMILES string of the molecule is CC1=CP(=O)(c2ccccc2)CC=C1Cl. The highest BCUT2D eigenvalue weighted by Crippen LogP contribution is 2.50. The molecule has 1 heterocycles. The summed E-state index contributed by atoms with van der Waals surface area (Å²) in [7, 11) is -2.38. The van der Waals surface area contributed by atoms with Gasteiger partial charge in [-0.3, -0.25) is 0 Å². The van der Waals surface area contributed by atoms with Gasteiger partial charge in [0.25, 0.3) is 0 Å². The maximum Gasteiger partial charge on any atom is 0.140 e. The normalized spacial score (nSPS) is 25.7. The highest BCUT2D eigenvalue weighted by Gasteiger charge is 2.24. The minimum atomic E-state index is -2.38. The van der Waals surface area contributed by atoms with Crippen LogP contribution in [0, 0.1) is 0 Å². The van der Waals surface area contributed by atoms with E-state index in [-0.39, 0.29) is 0 Å². The molecule has 0 amide bonds. The molecule has 1 aliphatic rings. The van der Waals surface area contributed by atoms with Gasteiger partial charge >= 0.3 is 0 Å². The molecule has 1 atom stereocenters. The topological polar surface area (TPSA) is 17.1 Å². The van der Waals surface area contributed by atoms with Crippen LogP contribution in [-0.4, -0.2) is 6.16 Å². The Balaban J connectivity index is 2.44. The van der Waals surface area contributed by atoms with Gasteiger partial charge in [-0.1, -0.05) is 48.0 Å². The molecule has 1 unspecified atom stereocenters. The van der Waals surface area contributed by atoms with Gasteiger partial charge in [0.1, 0.15) is 7.14 Å². The van der Waals surface area contributed by atoms with Gasteiger partial charge in [-0.05, 0) is 18.3 Å². The second-order valence-corrected chi connectivity index (χ2v) is 6.82. The monoisotopic (exact) mass is 238 g/mol. The van der Waals surface area contributed by atoms with Gasteiger partial charge in [-0.15, -0.1) is 0 Å². The second-order valence-electron chi connectivity index (χ2n) is 3.68. The first-order valence-corrected chi connectivity index (χ1v) is 7.16. The molecule has 0 spiro atoms. The smallest absolute Gasteiger partial charge is 0.140 e. The fourth-order valence-electron chi connectivity index (χ4n) is 1.66. The van der Waals surface area contributed by atoms with Crippen molar-refractivity contribution in [1.82, 2.24) is 0 Å². The first-order chi connectivity index (χ1) is 7.12. The Morgan fingerprint density at radius 2 is 1.93 bits per heavy atom. The molecule has 0 saturated carbocycles. The largest absolute Gasteiger partial charge is 0.314 e. The maximum absolute atomic E-state index is 12.6. The Kier molecular flexibility index (Phi) is 2.86. The number of rotatable bonds is 1. The van der Waals surface area contributed by atoms with Gasteiger partial charge in [0.05, 0.1) is 0 Å². The summed E-state index contributed by atoms with van der Waals surface area (Å²) in [6.45, 7) is 1.90. The number of halogens is 1. The molecule has 0 aliphatic carbocycles. The summed E-state index contributed by atoms with van der Waals surface area (Å²) >= 11 is 5.95. The first kappa shape index (κ1) is 10.7. The average molecular weight is 239 g/mol. The summed E-state index contributed by atoms with van der Waals surface area (Å²) in [5.74, 6) is 1.82. The van der Waals surface area contributed by atoms with Crippen molar-refractivity contribution in [2.45, 2.75) is 6.92 Å². The van der Waals surface area contributed by atoms with Gasteiger partial charge in [0.15, 0.2) is 0 Å². The zero-order chi connectivity index (χ0) is 10.9. The van der Waals surface area contributed by atoms with Gasteiger partial charge < -0.3 is 4.57 Å². The zero-order valence-electron chi connectivity index (χ0n) is 8.48. The summed E-state index contributed by atoms with van der Waals surface area (Å²) in [4.78, 5) is 0. The molecule has 78 valence electrons. The Hall–Kier alpha value is -0.780. The quantitative estimate of drug-likeness (QED) is 0.682. The third-order valence-electron chi connectivity index (χ3n) is 2.51. The molecule has 15 heavy (non-hydrogen) atoms. The number of allylic oxidation sites excluding steroid dienone is 3. The van der Waals surface area contributed by atoms with Crippen LogP contribution < -0.4 is 5.30 Å². The van der Waals surface area contributed by atoms with Crippen molar-refractivity contribution >= 4 is 24.0 Å².